The Labute approximate surface area is 89.3 Å². The topological polar surface area (TPSA) is 71.2 Å². The third-order valence-corrected chi connectivity index (χ3v) is 1.99. The van der Waals surface area contributed by atoms with Gasteiger partial charge in [-0.25, -0.2) is 4.98 Å². The van der Waals surface area contributed by atoms with Gasteiger partial charge >= 0.3 is 0 Å². The van der Waals surface area contributed by atoms with Gasteiger partial charge < -0.3 is 16.0 Å². The lowest BCUT2D eigenvalue weighted by molar-refractivity contribution is -0.128. The summed E-state index contributed by atoms with van der Waals surface area (Å²) in [5, 5.41) is 3.06. The predicted octanol–water partition coefficient (Wildman–Crippen LogP) is 0.554. The van der Waals surface area contributed by atoms with Crippen molar-refractivity contribution in [1.82, 2.24) is 9.88 Å². The number of pyridine rings is 1. The van der Waals surface area contributed by atoms with E-state index in [1.54, 1.807) is 31.3 Å². The van der Waals surface area contributed by atoms with Crippen LogP contribution < -0.4 is 11.1 Å². The van der Waals surface area contributed by atoms with Crippen molar-refractivity contribution in [2.75, 3.05) is 31.7 Å². The summed E-state index contributed by atoms with van der Waals surface area (Å²) in [4.78, 5) is 16.8. The molecule has 0 aliphatic carbocycles. The molecule has 1 aromatic rings. The lowest BCUT2D eigenvalue weighted by atomic mass is 10.3. The highest BCUT2D eigenvalue weighted by atomic mass is 16.2. The van der Waals surface area contributed by atoms with Crippen LogP contribution in [0, 0.1) is 0 Å². The zero-order valence-electron chi connectivity index (χ0n) is 9.03. The zero-order valence-corrected chi connectivity index (χ0v) is 9.03. The van der Waals surface area contributed by atoms with Crippen molar-refractivity contribution in [3.8, 4) is 0 Å². The Balaban J connectivity index is 2.38. The molecule has 1 aromatic heterocycles. The number of nitrogens with two attached hydrogens (primary N) is 1. The van der Waals surface area contributed by atoms with Gasteiger partial charge in [0.2, 0.25) is 5.91 Å². The van der Waals surface area contributed by atoms with Crippen molar-refractivity contribution in [3.63, 3.8) is 0 Å². The highest BCUT2D eigenvalue weighted by Crippen LogP contribution is 2.12. The second kappa shape index (κ2) is 5.19. The Kier molecular flexibility index (Phi) is 3.91. The minimum atomic E-state index is 0.0879. The van der Waals surface area contributed by atoms with Gasteiger partial charge in [0.05, 0.1) is 5.69 Å². The van der Waals surface area contributed by atoms with Crippen LogP contribution in [0.2, 0.25) is 0 Å². The molecule has 0 aliphatic heterocycles. The normalized spacial score (nSPS) is 9.73. The number of nitrogens with one attached hydrogen (secondary N) is 1. The molecule has 0 aliphatic rings. The van der Waals surface area contributed by atoms with Crippen LogP contribution in [-0.2, 0) is 4.79 Å². The van der Waals surface area contributed by atoms with Gasteiger partial charge in [-0.3, -0.25) is 4.79 Å². The smallest absolute Gasteiger partial charge is 0.223 e. The fourth-order valence-corrected chi connectivity index (χ4v) is 1.09. The summed E-state index contributed by atoms with van der Waals surface area (Å²) in [6.07, 6.45) is 2.08. The molecule has 0 spiro atoms. The maximum atomic E-state index is 11.3. The highest BCUT2D eigenvalue weighted by Gasteiger charge is 2.03. The van der Waals surface area contributed by atoms with Gasteiger partial charge in [0.25, 0.3) is 0 Å². The van der Waals surface area contributed by atoms with Crippen molar-refractivity contribution in [2.45, 2.75) is 6.42 Å². The molecule has 0 saturated carbocycles. The molecule has 15 heavy (non-hydrogen) atoms. The van der Waals surface area contributed by atoms with Crippen LogP contribution in [0.15, 0.2) is 18.3 Å². The van der Waals surface area contributed by atoms with Crippen LogP contribution in [0.3, 0.4) is 0 Å². The summed E-state index contributed by atoms with van der Waals surface area (Å²) in [6.45, 7) is 0.562. The second-order valence-corrected chi connectivity index (χ2v) is 3.40. The molecule has 0 radical (unpaired) electrons. The molecule has 0 atom stereocenters. The first-order valence-corrected chi connectivity index (χ1v) is 4.76. The van der Waals surface area contributed by atoms with Crippen LogP contribution >= 0.6 is 0 Å². The van der Waals surface area contributed by atoms with Crippen LogP contribution in [0.4, 0.5) is 11.5 Å². The summed E-state index contributed by atoms with van der Waals surface area (Å²) >= 11 is 0. The number of amides is 1. The summed E-state index contributed by atoms with van der Waals surface area (Å²) in [5.74, 6) is 0.541. The first-order chi connectivity index (χ1) is 7.11. The Morgan fingerprint density at radius 1 is 1.60 bits per heavy atom. The van der Waals surface area contributed by atoms with Crippen LogP contribution in [-0.4, -0.2) is 36.4 Å². The third-order valence-electron chi connectivity index (χ3n) is 1.99. The molecular weight excluding hydrogens is 192 g/mol. The number of carbonyl (C=O) groups is 1. The Bertz CT molecular complexity index is 338. The average molecular weight is 208 g/mol. The van der Waals surface area contributed by atoms with E-state index in [0.29, 0.717) is 18.8 Å². The molecule has 0 fully saturated rings. The van der Waals surface area contributed by atoms with Gasteiger partial charge in [0.15, 0.2) is 0 Å². The van der Waals surface area contributed by atoms with Crippen LogP contribution in [0.25, 0.3) is 0 Å². The zero-order chi connectivity index (χ0) is 11.3. The molecule has 0 bridgehead atoms. The standard InChI is InChI=1S/C10H16N4O/c1-14(2)9(15)5-7-12-8-4-3-6-13-10(8)11/h3-4,6,12H,5,7H2,1-2H3,(H2,11,13). The first-order valence-electron chi connectivity index (χ1n) is 4.76. The third kappa shape index (κ3) is 3.46. The highest BCUT2D eigenvalue weighted by molar-refractivity contribution is 5.76. The number of carbonyl (C=O) groups excluding carboxylic acids is 1. The molecule has 3 N–H and O–H groups in total. The van der Waals surface area contributed by atoms with E-state index in [2.05, 4.69) is 10.3 Å². The molecule has 1 rings (SSSR count). The van der Waals surface area contributed by atoms with Gasteiger partial charge in [-0.1, -0.05) is 0 Å². The number of hydrogen-bond acceptors (Lipinski definition) is 4. The van der Waals surface area contributed by atoms with Crippen LogP contribution in [0.5, 0.6) is 0 Å². The molecular formula is C10H16N4O. The lowest BCUT2D eigenvalue weighted by Gasteiger charge is -2.11. The lowest BCUT2D eigenvalue weighted by Crippen LogP contribution is -2.24. The van der Waals surface area contributed by atoms with Gasteiger partial charge in [0, 0.05) is 33.3 Å². The minimum Gasteiger partial charge on any atom is -0.382 e. The van der Waals surface area contributed by atoms with E-state index in [1.165, 1.54) is 0 Å². The maximum Gasteiger partial charge on any atom is 0.223 e. The summed E-state index contributed by atoms with van der Waals surface area (Å²) in [5.41, 5.74) is 6.40. The van der Waals surface area contributed by atoms with E-state index in [1.807, 2.05) is 6.07 Å². The van der Waals surface area contributed by atoms with E-state index in [4.69, 9.17) is 5.73 Å². The van der Waals surface area contributed by atoms with Crippen molar-refractivity contribution in [1.29, 1.82) is 0 Å². The molecule has 1 amide bonds. The van der Waals surface area contributed by atoms with E-state index < -0.39 is 0 Å². The fraction of sp³-hybridized carbons (Fsp3) is 0.400. The summed E-state index contributed by atoms with van der Waals surface area (Å²) in [6, 6.07) is 3.63. The number of rotatable bonds is 4. The largest absolute Gasteiger partial charge is 0.382 e. The van der Waals surface area contributed by atoms with Gasteiger partial charge in [0.1, 0.15) is 5.82 Å². The van der Waals surface area contributed by atoms with Crippen molar-refractivity contribution < 1.29 is 4.79 Å². The minimum absolute atomic E-state index is 0.0879. The average Bonchev–Trinajstić information content (AvgIpc) is 2.20. The second-order valence-electron chi connectivity index (χ2n) is 3.40. The van der Waals surface area contributed by atoms with E-state index in [-0.39, 0.29) is 5.91 Å². The number of anilines is 2. The molecule has 1 heterocycles. The summed E-state index contributed by atoms with van der Waals surface area (Å²) in [7, 11) is 3.47. The molecule has 0 saturated heterocycles. The first kappa shape index (κ1) is 11.3. The predicted molar refractivity (Wildman–Crippen MR) is 60.5 cm³/mol. The van der Waals surface area contributed by atoms with E-state index in [9.17, 15) is 4.79 Å². The quantitative estimate of drug-likeness (QED) is 0.758. The Hall–Kier alpha value is -1.78. The fourth-order valence-electron chi connectivity index (χ4n) is 1.09. The number of hydrogen-bond donors (Lipinski definition) is 2. The van der Waals surface area contributed by atoms with Crippen molar-refractivity contribution in [2.24, 2.45) is 0 Å². The Morgan fingerprint density at radius 3 is 2.93 bits per heavy atom. The molecule has 82 valence electrons. The SMILES string of the molecule is CN(C)C(=O)CCNc1cccnc1N. The number of nitrogen functional groups attached to an aromatic ring is 1. The van der Waals surface area contributed by atoms with E-state index >= 15 is 0 Å². The van der Waals surface area contributed by atoms with E-state index in [0.717, 1.165) is 5.69 Å². The number of nitrogens with zero attached hydrogens (tertiary/aromatic N) is 2. The summed E-state index contributed by atoms with van der Waals surface area (Å²) < 4.78 is 0. The van der Waals surface area contributed by atoms with Crippen molar-refractivity contribution >= 4 is 17.4 Å². The van der Waals surface area contributed by atoms with Gasteiger partial charge in [-0.15, -0.1) is 0 Å². The molecule has 0 aromatic carbocycles. The monoisotopic (exact) mass is 208 g/mol. The van der Waals surface area contributed by atoms with Gasteiger partial charge in [-0.05, 0) is 12.1 Å². The molecule has 0 unspecified atom stereocenters. The van der Waals surface area contributed by atoms with Crippen molar-refractivity contribution in [3.05, 3.63) is 18.3 Å². The number of aromatic nitrogens is 1. The van der Waals surface area contributed by atoms with Gasteiger partial charge in [-0.2, -0.15) is 0 Å². The molecule has 5 nitrogen and oxygen atoms in total. The Morgan fingerprint density at radius 2 is 2.33 bits per heavy atom. The van der Waals surface area contributed by atoms with Crippen LogP contribution in [0.1, 0.15) is 6.42 Å². The maximum absolute atomic E-state index is 11.3. The molecule has 5 heteroatoms.